The lowest BCUT2D eigenvalue weighted by Crippen LogP contribution is -2.26. The molecule has 6 nitrogen and oxygen atoms in total. The first-order chi connectivity index (χ1) is 6.25. The first-order valence-electron chi connectivity index (χ1n) is 4.03. The second kappa shape index (κ2) is 4.46. The minimum atomic E-state index is -0.222. The molecule has 0 atom stereocenters. The van der Waals surface area contributed by atoms with Gasteiger partial charge in [-0.15, -0.1) is 0 Å². The lowest BCUT2D eigenvalue weighted by molar-refractivity contribution is 0.0954. The molecule has 1 heterocycles. The summed E-state index contributed by atoms with van der Waals surface area (Å²) in [5.74, 6) is 0.0601. The van der Waals surface area contributed by atoms with Gasteiger partial charge in [-0.05, 0) is 13.0 Å². The highest BCUT2D eigenvalue weighted by atomic mass is 16.1. The average Bonchev–Trinajstić information content (AvgIpc) is 2.52. The summed E-state index contributed by atoms with van der Waals surface area (Å²) in [5, 5.41) is 8.79. The van der Waals surface area contributed by atoms with E-state index in [9.17, 15) is 4.79 Å². The largest absolute Gasteiger partial charge is 0.383 e. The molecule has 13 heavy (non-hydrogen) atoms. The van der Waals surface area contributed by atoms with Crippen LogP contribution in [-0.4, -0.2) is 29.2 Å². The van der Waals surface area contributed by atoms with E-state index < -0.39 is 0 Å². The van der Waals surface area contributed by atoms with Gasteiger partial charge in [0.2, 0.25) is 0 Å². The van der Waals surface area contributed by atoms with Crippen molar-refractivity contribution in [1.82, 2.24) is 15.5 Å². The molecule has 6 N–H and O–H groups in total. The number of carbonyl (C=O) groups excluding carboxylic acids is 1. The maximum absolute atomic E-state index is 11.3. The highest BCUT2D eigenvalue weighted by molar-refractivity contribution is 5.97. The molecular weight excluding hydrogens is 170 g/mol. The van der Waals surface area contributed by atoms with E-state index in [0.29, 0.717) is 18.7 Å². The van der Waals surface area contributed by atoms with Gasteiger partial charge in [0.1, 0.15) is 11.4 Å². The third kappa shape index (κ3) is 2.45. The van der Waals surface area contributed by atoms with Crippen LogP contribution in [0.2, 0.25) is 0 Å². The zero-order chi connectivity index (χ0) is 9.68. The van der Waals surface area contributed by atoms with Crippen LogP contribution in [-0.2, 0) is 0 Å². The molecule has 0 unspecified atom stereocenters. The maximum atomic E-state index is 11.3. The van der Waals surface area contributed by atoms with Gasteiger partial charge in [-0.25, -0.2) is 0 Å². The third-order valence-electron chi connectivity index (χ3n) is 1.58. The molecule has 1 amide bonds. The topological polar surface area (TPSA) is 110 Å². The van der Waals surface area contributed by atoms with Gasteiger partial charge >= 0.3 is 0 Å². The Morgan fingerprint density at radius 1 is 1.69 bits per heavy atom. The standard InChI is InChI=1S/C7H13N5O/c8-2-1-3-10-7(13)5-4-11-12-6(5)9/h4H,1-3,8H2,(H,10,13)(H3,9,11,12). The molecule has 0 fully saturated rings. The van der Waals surface area contributed by atoms with Gasteiger partial charge < -0.3 is 16.8 Å². The quantitative estimate of drug-likeness (QED) is 0.452. The summed E-state index contributed by atoms with van der Waals surface area (Å²) in [5.41, 5.74) is 11.1. The molecule has 6 heteroatoms. The molecule has 1 aromatic rings. The van der Waals surface area contributed by atoms with E-state index >= 15 is 0 Å². The Bertz CT molecular complexity index is 282. The molecular formula is C7H13N5O. The summed E-state index contributed by atoms with van der Waals surface area (Å²) >= 11 is 0. The number of hydrogen-bond donors (Lipinski definition) is 4. The van der Waals surface area contributed by atoms with E-state index in [1.807, 2.05) is 0 Å². The summed E-state index contributed by atoms with van der Waals surface area (Å²) in [4.78, 5) is 11.3. The predicted octanol–water partition coefficient (Wildman–Crippen LogP) is -0.929. The number of nitrogens with zero attached hydrogens (tertiary/aromatic N) is 1. The van der Waals surface area contributed by atoms with Crippen LogP contribution in [0.4, 0.5) is 5.82 Å². The van der Waals surface area contributed by atoms with Crippen LogP contribution in [0.3, 0.4) is 0 Å². The molecule has 72 valence electrons. The van der Waals surface area contributed by atoms with Gasteiger partial charge in [0.05, 0.1) is 6.20 Å². The van der Waals surface area contributed by atoms with Crippen LogP contribution < -0.4 is 16.8 Å². The second-order valence-electron chi connectivity index (χ2n) is 2.60. The number of aromatic amines is 1. The van der Waals surface area contributed by atoms with Gasteiger partial charge in [0.25, 0.3) is 5.91 Å². The second-order valence-corrected chi connectivity index (χ2v) is 2.60. The summed E-state index contributed by atoms with van der Waals surface area (Å²) in [6.45, 7) is 1.11. The number of amides is 1. The van der Waals surface area contributed by atoms with Crippen molar-refractivity contribution in [3.63, 3.8) is 0 Å². The van der Waals surface area contributed by atoms with Crippen molar-refractivity contribution in [2.75, 3.05) is 18.8 Å². The average molecular weight is 183 g/mol. The summed E-state index contributed by atoms with van der Waals surface area (Å²) < 4.78 is 0. The van der Waals surface area contributed by atoms with E-state index in [2.05, 4.69) is 15.5 Å². The molecule has 0 saturated heterocycles. The van der Waals surface area contributed by atoms with Gasteiger partial charge in [0.15, 0.2) is 0 Å². The number of aromatic nitrogens is 2. The Hall–Kier alpha value is -1.56. The molecule has 0 radical (unpaired) electrons. The predicted molar refractivity (Wildman–Crippen MR) is 49.0 cm³/mol. The summed E-state index contributed by atoms with van der Waals surface area (Å²) in [7, 11) is 0. The number of H-pyrrole nitrogens is 1. The fourth-order valence-corrected chi connectivity index (χ4v) is 0.876. The van der Waals surface area contributed by atoms with Crippen LogP contribution >= 0.6 is 0 Å². The molecule has 0 aliphatic rings. The molecule has 1 rings (SSSR count). The van der Waals surface area contributed by atoms with Crippen LogP contribution in [0.5, 0.6) is 0 Å². The highest BCUT2D eigenvalue weighted by Gasteiger charge is 2.09. The lowest BCUT2D eigenvalue weighted by atomic mass is 10.3. The molecule has 0 aliphatic heterocycles. The minimum Gasteiger partial charge on any atom is -0.383 e. The Balaban J connectivity index is 2.45. The Morgan fingerprint density at radius 3 is 3.00 bits per heavy atom. The number of rotatable bonds is 4. The molecule has 0 saturated carbocycles. The van der Waals surface area contributed by atoms with Crippen LogP contribution in [0.1, 0.15) is 16.8 Å². The van der Waals surface area contributed by atoms with Gasteiger partial charge in [-0.3, -0.25) is 9.89 Å². The first kappa shape index (κ1) is 9.53. The van der Waals surface area contributed by atoms with E-state index in [-0.39, 0.29) is 11.7 Å². The smallest absolute Gasteiger partial charge is 0.256 e. The van der Waals surface area contributed by atoms with Crippen LogP contribution in [0.15, 0.2) is 6.20 Å². The third-order valence-corrected chi connectivity index (χ3v) is 1.58. The fraction of sp³-hybridized carbons (Fsp3) is 0.429. The van der Waals surface area contributed by atoms with Gasteiger partial charge in [-0.2, -0.15) is 5.10 Å². The maximum Gasteiger partial charge on any atom is 0.256 e. The van der Waals surface area contributed by atoms with Crippen molar-refractivity contribution in [2.24, 2.45) is 5.73 Å². The van der Waals surface area contributed by atoms with E-state index in [1.165, 1.54) is 6.20 Å². The molecule has 0 bridgehead atoms. The SMILES string of the molecule is NCCCNC(=O)c1cn[nH]c1N. The number of hydrogen-bond acceptors (Lipinski definition) is 4. The van der Waals surface area contributed by atoms with E-state index in [1.54, 1.807) is 0 Å². The van der Waals surface area contributed by atoms with Crippen LogP contribution in [0, 0.1) is 0 Å². The first-order valence-corrected chi connectivity index (χ1v) is 4.03. The van der Waals surface area contributed by atoms with Crippen LogP contribution in [0.25, 0.3) is 0 Å². The monoisotopic (exact) mass is 183 g/mol. The molecule has 0 aliphatic carbocycles. The zero-order valence-corrected chi connectivity index (χ0v) is 7.21. The lowest BCUT2D eigenvalue weighted by Gasteiger charge is -2.01. The van der Waals surface area contributed by atoms with Crippen molar-refractivity contribution in [3.8, 4) is 0 Å². The van der Waals surface area contributed by atoms with Crippen molar-refractivity contribution >= 4 is 11.7 Å². The molecule has 0 aromatic carbocycles. The normalized spacial score (nSPS) is 9.92. The Kier molecular flexibility index (Phi) is 3.27. The molecule has 1 aromatic heterocycles. The molecule has 0 spiro atoms. The Morgan fingerprint density at radius 2 is 2.46 bits per heavy atom. The van der Waals surface area contributed by atoms with Crippen molar-refractivity contribution in [2.45, 2.75) is 6.42 Å². The number of nitrogens with two attached hydrogens (primary N) is 2. The van der Waals surface area contributed by atoms with Gasteiger partial charge in [0, 0.05) is 6.54 Å². The van der Waals surface area contributed by atoms with Crippen molar-refractivity contribution in [1.29, 1.82) is 0 Å². The summed E-state index contributed by atoms with van der Waals surface area (Å²) in [6.07, 6.45) is 2.15. The minimum absolute atomic E-state index is 0.222. The number of anilines is 1. The highest BCUT2D eigenvalue weighted by Crippen LogP contribution is 2.04. The number of carbonyl (C=O) groups is 1. The van der Waals surface area contributed by atoms with Gasteiger partial charge in [-0.1, -0.05) is 0 Å². The number of nitrogens with one attached hydrogen (secondary N) is 2. The zero-order valence-electron chi connectivity index (χ0n) is 7.21. The van der Waals surface area contributed by atoms with Crippen molar-refractivity contribution in [3.05, 3.63) is 11.8 Å². The van der Waals surface area contributed by atoms with Crippen molar-refractivity contribution < 1.29 is 4.79 Å². The summed E-state index contributed by atoms with van der Waals surface area (Å²) in [6, 6.07) is 0. The number of nitrogen functional groups attached to an aromatic ring is 1. The van der Waals surface area contributed by atoms with E-state index in [4.69, 9.17) is 11.5 Å². The fourth-order valence-electron chi connectivity index (χ4n) is 0.876. The van der Waals surface area contributed by atoms with E-state index in [0.717, 1.165) is 6.42 Å². The Labute approximate surface area is 75.7 Å².